The molecule has 1 rings (SSSR count). The summed E-state index contributed by atoms with van der Waals surface area (Å²) in [7, 11) is 1.15. The molecule has 1 aliphatic rings. The van der Waals surface area contributed by atoms with Gasteiger partial charge in [0.25, 0.3) is 0 Å². The Kier molecular flexibility index (Phi) is 2.78. The topological polar surface area (TPSA) is 21.8 Å². The molecule has 4 atom stereocenters. The summed E-state index contributed by atoms with van der Waals surface area (Å²) in [6.07, 6.45) is -3.31. The number of epoxide rings is 1. The number of hydrogen-bond donors (Lipinski definition) is 0. The Hall–Kier alpha value is -0.220. The standard InChI is InChI=1S/C7H12F2O2/c1-4-6(11-4)3-5(8)7(9)10-2/h4-7H,3H2,1-2H3/t4-,5+,6-,7?/m1/s1. The number of halogens is 2. The zero-order valence-electron chi connectivity index (χ0n) is 6.59. The SMILES string of the molecule is COC(F)[C@@H](F)C[C@H]1O[C@@H]1C. The maximum absolute atomic E-state index is 12.7. The van der Waals surface area contributed by atoms with Crippen molar-refractivity contribution in [3.8, 4) is 0 Å². The van der Waals surface area contributed by atoms with Crippen LogP contribution in [0, 0.1) is 0 Å². The monoisotopic (exact) mass is 166 g/mol. The molecule has 1 aliphatic heterocycles. The molecule has 0 radical (unpaired) electrons. The predicted molar refractivity (Wildman–Crippen MR) is 35.8 cm³/mol. The minimum Gasteiger partial charge on any atom is -0.370 e. The van der Waals surface area contributed by atoms with Crippen LogP contribution in [-0.2, 0) is 9.47 Å². The maximum Gasteiger partial charge on any atom is 0.230 e. The Bertz CT molecular complexity index is 132. The van der Waals surface area contributed by atoms with Crippen LogP contribution in [0.2, 0.25) is 0 Å². The van der Waals surface area contributed by atoms with Crippen LogP contribution in [0.3, 0.4) is 0 Å². The summed E-state index contributed by atoms with van der Waals surface area (Å²) in [6.45, 7) is 1.83. The van der Waals surface area contributed by atoms with Crippen molar-refractivity contribution in [1.82, 2.24) is 0 Å². The summed E-state index contributed by atoms with van der Waals surface area (Å²) in [5.41, 5.74) is 0. The predicted octanol–water partition coefficient (Wildman–Crippen LogP) is 1.44. The molecule has 0 aromatic carbocycles. The number of ether oxygens (including phenoxy) is 2. The number of hydrogen-bond acceptors (Lipinski definition) is 2. The molecule has 0 aromatic rings. The van der Waals surface area contributed by atoms with Gasteiger partial charge in [0, 0.05) is 13.5 Å². The molecular formula is C7H12F2O2. The zero-order valence-corrected chi connectivity index (χ0v) is 6.59. The van der Waals surface area contributed by atoms with Gasteiger partial charge >= 0.3 is 0 Å². The summed E-state index contributed by atoms with van der Waals surface area (Å²) < 4.78 is 34.2. The Morgan fingerprint density at radius 3 is 2.45 bits per heavy atom. The van der Waals surface area contributed by atoms with Crippen molar-refractivity contribution in [2.45, 2.75) is 38.1 Å². The normalized spacial score (nSPS) is 34.9. The lowest BCUT2D eigenvalue weighted by Crippen LogP contribution is -2.21. The fourth-order valence-electron chi connectivity index (χ4n) is 0.954. The van der Waals surface area contributed by atoms with E-state index in [-0.39, 0.29) is 18.6 Å². The van der Waals surface area contributed by atoms with Crippen molar-refractivity contribution in [2.24, 2.45) is 0 Å². The molecule has 0 saturated carbocycles. The molecule has 0 aliphatic carbocycles. The van der Waals surface area contributed by atoms with Crippen molar-refractivity contribution in [2.75, 3.05) is 7.11 Å². The fraction of sp³-hybridized carbons (Fsp3) is 1.00. The van der Waals surface area contributed by atoms with E-state index in [1.54, 1.807) is 0 Å². The third-order valence-electron chi connectivity index (χ3n) is 1.80. The lowest BCUT2D eigenvalue weighted by molar-refractivity contribution is -0.0645. The summed E-state index contributed by atoms with van der Waals surface area (Å²) in [4.78, 5) is 0. The minimum atomic E-state index is -1.81. The van der Waals surface area contributed by atoms with Crippen LogP contribution < -0.4 is 0 Å². The van der Waals surface area contributed by atoms with Crippen LogP contribution in [0.15, 0.2) is 0 Å². The molecule has 1 heterocycles. The molecule has 0 bridgehead atoms. The van der Waals surface area contributed by atoms with Crippen LogP contribution in [0.25, 0.3) is 0 Å². The molecule has 66 valence electrons. The number of methoxy groups -OCH3 is 1. The van der Waals surface area contributed by atoms with Gasteiger partial charge in [0.05, 0.1) is 12.2 Å². The van der Waals surface area contributed by atoms with E-state index < -0.39 is 12.5 Å². The van der Waals surface area contributed by atoms with E-state index in [0.29, 0.717) is 0 Å². The van der Waals surface area contributed by atoms with Crippen molar-refractivity contribution in [3.05, 3.63) is 0 Å². The van der Waals surface area contributed by atoms with Gasteiger partial charge in [0.15, 0.2) is 6.17 Å². The zero-order chi connectivity index (χ0) is 8.43. The van der Waals surface area contributed by atoms with Gasteiger partial charge in [-0.05, 0) is 6.92 Å². The van der Waals surface area contributed by atoms with Gasteiger partial charge in [-0.3, -0.25) is 0 Å². The van der Waals surface area contributed by atoms with Crippen LogP contribution >= 0.6 is 0 Å². The maximum atomic E-state index is 12.7. The first-order valence-corrected chi connectivity index (χ1v) is 3.61. The summed E-state index contributed by atoms with van der Waals surface area (Å²) >= 11 is 0. The van der Waals surface area contributed by atoms with E-state index in [2.05, 4.69) is 4.74 Å². The van der Waals surface area contributed by atoms with Gasteiger partial charge in [0.2, 0.25) is 6.36 Å². The second-order valence-electron chi connectivity index (χ2n) is 2.72. The Morgan fingerprint density at radius 1 is 1.55 bits per heavy atom. The number of alkyl halides is 2. The van der Waals surface area contributed by atoms with E-state index in [9.17, 15) is 8.78 Å². The highest BCUT2D eigenvalue weighted by Gasteiger charge is 2.38. The molecule has 1 saturated heterocycles. The van der Waals surface area contributed by atoms with Gasteiger partial charge in [-0.1, -0.05) is 0 Å². The summed E-state index contributed by atoms with van der Waals surface area (Å²) in [6, 6.07) is 0. The molecule has 4 heteroatoms. The van der Waals surface area contributed by atoms with Crippen LogP contribution in [0.5, 0.6) is 0 Å². The molecule has 0 amide bonds. The largest absolute Gasteiger partial charge is 0.370 e. The van der Waals surface area contributed by atoms with Gasteiger partial charge in [0.1, 0.15) is 0 Å². The summed E-state index contributed by atoms with van der Waals surface area (Å²) in [5, 5.41) is 0. The highest BCUT2D eigenvalue weighted by atomic mass is 19.2. The highest BCUT2D eigenvalue weighted by Crippen LogP contribution is 2.28. The fourth-order valence-corrected chi connectivity index (χ4v) is 0.954. The van der Waals surface area contributed by atoms with Crippen molar-refractivity contribution >= 4 is 0 Å². The average molecular weight is 166 g/mol. The smallest absolute Gasteiger partial charge is 0.230 e. The van der Waals surface area contributed by atoms with E-state index in [0.717, 1.165) is 7.11 Å². The highest BCUT2D eigenvalue weighted by molar-refractivity contribution is 4.83. The van der Waals surface area contributed by atoms with Gasteiger partial charge in [-0.25, -0.2) is 8.78 Å². The Labute approximate surface area is 64.5 Å². The van der Waals surface area contributed by atoms with Crippen LogP contribution in [-0.4, -0.2) is 31.8 Å². The third kappa shape index (κ3) is 2.38. The van der Waals surface area contributed by atoms with Gasteiger partial charge in [-0.15, -0.1) is 0 Å². The van der Waals surface area contributed by atoms with Gasteiger partial charge in [-0.2, -0.15) is 0 Å². The molecule has 11 heavy (non-hydrogen) atoms. The lowest BCUT2D eigenvalue weighted by Gasteiger charge is -2.09. The molecule has 1 unspecified atom stereocenters. The molecule has 0 N–H and O–H groups in total. The first-order valence-electron chi connectivity index (χ1n) is 3.61. The quantitative estimate of drug-likeness (QED) is 0.589. The molecule has 0 aromatic heterocycles. The third-order valence-corrected chi connectivity index (χ3v) is 1.80. The van der Waals surface area contributed by atoms with Gasteiger partial charge < -0.3 is 9.47 Å². The first kappa shape index (κ1) is 8.87. The Morgan fingerprint density at radius 2 is 2.09 bits per heavy atom. The minimum absolute atomic E-state index is 0.0808. The molecule has 1 fully saturated rings. The van der Waals surface area contributed by atoms with Crippen molar-refractivity contribution in [3.63, 3.8) is 0 Å². The van der Waals surface area contributed by atoms with E-state index in [1.165, 1.54) is 0 Å². The van der Waals surface area contributed by atoms with Crippen LogP contribution in [0.1, 0.15) is 13.3 Å². The lowest BCUT2D eigenvalue weighted by atomic mass is 10.2. The van der Waals surface area contributed by atoms with E-state index in [4.69, 9.17) is 4.74 Å². The van der Waals surface area contributed by atoms with Crippen molar-refractivity contribution < 1.29 is 18.3 Å². The average Bonchev–Trinajstić information content (AvgIpc) is 2.65. The van der Waals surface area contributed by atoms with E-state index >= 15 is 0 Å². The second-order valence-corrected chi connectivity index (χ2v) is 2.72. The van der Waals surface area contributed by atoms with E-state index in [1.807, 2.05) is 6.92 Å². The Balaban J connectivity index is 2.15. The molecular weight excluding hydrogens is 154 g/mol. The first-order chi connectivity index (χ1) is 5.15. The second kappa shape index (κ2) is 3.45. The van der Waals surface area contributed by atoms with Crippen LogP contribution in [0.4, 0.5) is 8.78 Å². The summed E-state index contributed by atoms with van der Waals surface area (Å²) in [5.74, 6) is 0. The molecule has 2 nitrogen and oxygen atoms in total. The number of rotatable bonds is 4. The molecule has 0 spiro atoms. The van der Waals surface area contributed by atoms with Crippen molar-refractivity contribution in [1.29, 1.82) is 0 Å².